The molecule has 3 aromatic carbocycles. The minimum atomic E-state index is -0.459. The van der Waals surface area contributed by atoms with Gasteiger partial charge in [0, 0.05) is 16.6 Å². The van der Waals surface area contributed by atoms with Crippen LogP contribution in [0.5, 0.6) is 11.5 Å². The molecule has 0 atom stereocenters. The number of aryl methyl sites for hydroxylation is 1. The van der Waals surface area contributed by atoms with Crippen LogP contribution in [0.2, 0.25) is 0 Å². The lowest BCUT2D eigenvalue weighted by Gasteiger charge is -2.15. The number of hydrogen-bond donors (Lipinski definition) is 1. The van der Waals surface area contributed by atoms with Crippen LogP contribution in [0, 0.1) is 5.82 Å². The summed E-state index contributed by atoms with van der Waals surface area (Å²) in [5.41, 5.74) is 1.30. The fourth-order valence-electron chi connectivity index (χ4n) is 3.79. The Morgan fingerprint density at radius 3 is 2.69 bits per heavy atom. The highest BCUT2D eigenvalue weighted by molar-refractivity contribution is 9.10. The number of carbonyl (C=O) groups excluding carboxylic acids is 1. The van der Waals surface area contributed by atoms with Gasteiger partial charge in [-0.3, -0.25) is 9.59 Å². The van der Waals surface area contributed by atoms with Gasteiger partial charge < -0.3 is 14.8 Å². The van der Waals surface area contributed by atoms with Crippen LogP contribution in [-0.2, 0) is 11.2 Å². The molecule has 1 aromatic heterocycles. The molecule has 0 bridgehead atoms. The zero-order valence-electron chi connectivity index (χ0n) is 21.2. The maximum Gasteiger partial charge on any atom is 0.282 e. The average molecular weight is 660 g/mol. The minimum Gasteiger partial charge on any atom is -0.490 e. The Kier molecular flexibility index (Phi) is 9.47. The van der Waals surface area contributed by atoms with E-state index in [2.05, 4.69) is 47.3 Å². The van der Waals surface area contributed by atoms with Crippen LogP contribution in [0.25, 0.3) is 10.9 Å². The van der Waals surface area contributed by atoms with Gasteiger partial charge in [-0.2, -0.15) is 9.78 Å². The van der Waals surface area contributed by atoms with Crippen molar-refractivity contribution in [3.63, 3.8) is 0 Å². The van der Waals surface area contributed by atoms with E-state index >= 15 is 0 Å². The van der Waals surface area contributed by atoms with Crippen molar-refractivity contribution < 1.29 is 18.7 Å². The zero-order valence-corrected chi connectivity index (χ0v) is 24.4. The summed E-state index contributed by atoms with van der Waals surface area (Å²) in [6.07, 6.45) is 2.92. The van der Waals surface area contributed by atoms with Crippen molar-refractivity contribution >= 4 is 60.6 Å². The summed E-state index contributed by atoms with van der Waals surface area (Å²) in [7, 11) is 0. The van der Waals surface area contributed by atoms with Gasteiger partial charge in [0.05, 0.1) is 28.2 Å². The van der Waals surface area contributed by atoms with Crippen LogP contribution in [0.3, 0.4) is 0 Å². The Balaban J connectivity index is 1.60. The number of amides is 1. The standard InChI is InChI=1S/C28H25Br2FN4O4/c1-3-6-25-34-23-10-9-18(29)13-21(23)28(37)35(25)32-15-17-11-22(30)27(24(12-17)38-4-2)39-16-26(36)33-20-8-5-7-19(31)14-20/h5,7-15H,3-4,6,16H2,1-2H3,(H,33,36). The molecule has 202 valence electrons. The third kappa shape index (κ3) is 7.10. The van der Waals surface area contributed by atoms with Crippen LogP contribution >= 0.6 is 31.9 Å². The molecule has 0 aliphatic rings. The lowest BCUT2D eigenvalue weighted by Crippen LogP contribution is -2.22. The van der Waals surface area contributed by atoms with Crippen molar-refractivity contribution in [2.45, 2.75) is 26.7 Å². The molecule has 8 nitrogen and oxygen atoms in total. The first-order valence-corrected chi connectivity index (χ1v) is 13.8. The number of benzene rings is 3. The van der Waals surface area contributed by atoms with Crippen molar-refractivity contribution in [2.75, 3.05) is 18.5 Å². The molecule has 1 heterocycles. The fraction of sp³-hybridized carbons (Fsp3) is 0.214. The van der Waals surface area contributed by atoms with E-state index < -0.39 is 11.7 Å². The van der Waals surface area contributed by atoms with Crippen molar-refractivity contribution in [1.82, 2.24) is 9.66 Å². The molecule has 0 aliphatic heterocycles. The number of halogens is 3. The second-order valence-electron chi connectivity index (χ2n) is 8.41. The SMILES string of the molecule is CCCc1nc2ccc(Br)cc2c(=O)n1N=Cc1cc(Br)c(OCC(=O)Nc2cccc(F)c2)c(OCC)c1. The number of rotatable bonds is 10. The predicted molar refractivity (Wildman–Crippen MR) is 157 cm³/mol. The van der Waals surface area contributed by atoms with Crippen LogP contribution in [0.1, 0.15) is 31.7 Å². The van der Waals surface area contributed by atoms with Crippen molar-refractivity contribution in [3.05, 3.63) is 91.1 Å². The summed E-state index contributed by atoms with van der Waals surface area (Å²) in [4.78, 5) is 30.3. The van der Waals surface area contributed by atoms with E-state index in [4.69, 9.17) is 9.47 Å². The molecule has 0 saturated carbocycles. The Labute approximate surface area is 241 Å². The van der Waals surface area contributed by atoms with Crippen LogP contribution in [0.15, 0.2) is 73.4 Å². The van der Waals surface area contributed by atoms with E-state index in [1.807, 2.05) is 19.9 Å². The fourth-order valence-corrected chi connectivity index (χ4v) is 4.73. The number of aromatic nitrogens is 2. The monoisotopic (exact) mass is 658 g/mol. The molecule has 4 aromatic rings. The lowest BCUT2D eigenvalue weighted by atomic mass is 10.2. The van der Waals surface area contributed by atoms with Gasteiger partial charge in [-0.15, -0.1) is 0 Å². The summed E-state index contributed by atoms with van der Waals surface area (Å²) in [6, 6.07) is 14.4. The summed E-state index contributed by atoms with van der Waals surface area (Å²) in [5.74, 6) is 0.350. The molecule has 1 N–H and O–H groups in total. The molecule has 0 fully saturated rings. The molecule has 0 aliphatic carbocycles. The summed E-state index contributed by atoms with van der Waals surface area (Å²) >= 11 is 6.89. The quantitative estimate of drug-likeness (QED) is 0.201. The van der Waals surface area contributed by atoms with E-state index in [1.54, 1.807) is 36.5 Å². The molecule has 39 heavy (non-hydrogen) atoms. The average Bonchev–Trinajstić information content (AvgIpc) is 2.89. The first-order valence-electron chi connectivity index (χ1n) is 12.2. The minimum absolute atomic E-state index is 0.269. The van der Waals surface area contributed by atoms with E-state index in [9.17, 15) is 14.0 Å². The van der Waals surface area contributed by atoms with Gasteiger partial charge in [0.1, 0.15) is 11.6 Å². The molecule has 4 rings (SSSR count). The van der Waals surface area contributed by atoms with Gasteiger partial charge in [-0.1, -0.05) is 28.9 Å². The van der Waals surface area contributed by atoms with Crippen LogP contribution in [-0.4, -0.2) is 35.0 Å². The van der Waals surface area contributed by atoms with Crippen molar-refractivity contribution in [1.29, 1.82) is 0 Å². The van der Waals surface area contributed by atoms with Crippen molar-refractivity contribution in [3.8, 4) is 11.5 Å². The maximum absolute atomic E-state index is 13.4. The van der Waals surface area contributed by atoms with Gasteiger partial charge >= 0.3 is 0 Å². The maximum atomic E-state index is 13.4. The van der Waals surface area contributed by atoms with Gasteiger partial charge in [-0.25, -0.2) is 9.37 Å². The molecule has 0 unspecified atom stereocenters. The molecule has 1 amide bonds. The smallest absolute Gasteiger partial charge is 0.282 e. The molecular weight excluding hydrogens is 635 g/mol. The first kappa shape index (κ1) is 28.4. The Hall–Kier alpha value is -3.57. The van der Waals surface area contributed by atoms with Gasteiger partial charge in [0.2, 0.25) is 0 Å². The number of nitrogens with zero attached hydrogens (tertiary/aromatic N) is 3. The number of fused-ring (bicyclic) bond motifs is 1. The van der Waals surface area contributed by atoms with E-state index in [-0.39, 0.29) is 12.2 Å². The summed E-state index contributed by atoms with van der Waals surface area (Å²) in [5, 5.41) is 7.51. The second kappa shape index (κ2) is 13.0. The molecular formula is C28H25Br2FN4O4. The second-order valence-corrected chi connectivity index (χ2v) is 10.2. The summed E-state index contributed by atoms with van der Waals surface area (Å²) in [6.45, 7) is 3.86. The van der Waals surface area contributed by atoms with E-state index in [0.29, 0.717) is 57.0 Å². The molecule has 11 heteroatoms. The van der Waals surface area contributed by atoms with Crippen LogP contribution < -0.4 is 20.3 Å². The summed E-state index contributed by atoms with van der Waals surface area (Å²) < 4.78 is 27.5. The molecule has 0 saturated heterocycles. The first-order chi connectivity index (χ1) is 18.8. The Morgan fingerprint density at radius 2 is 1.95 bits per heavy atom. The van der Waals surface area contributed by atoms with E-state index in [1.165, 1.54) is 22.9 Å². The number of anilines is 1. The lowest BCUT2D eigenvalue weighted by molar-refractivity contribution is -0.118. The zero-order chi connectivity index (χ0) is 27.9. The van der Waals surface area contributed by atoms with E-state index in [0.717, 1.165) is 10.9 Å². The largest absolute Gasteiger partial charge is 0.490 e. The molecule has 0 spiro atoms. The highest BCUT2D eigenvalue weighted by Gasteiger charge is 2.15. The Morgan fingerprint density at radius 1 is 1.13 bits per heavy atom. The van der Waals surface area contributed by atoms with Gasteiger partial charge in [-0.05, 0) is 83.4 Å². The van der Waals surface area contributed by atoms with Gasteiger partial charge in [0.25, 0.3) is 11.5 Å². The Bertz CT molecular complexity index is 1610. The van der Waals surface area contributed by atoms with Crippen LogP contribution in [0.4, 0.5) is 10.1 Å². The highest BCUT2D eigenvalue weighted by atomic mass is 79.9. The highest BCUT2D eigenvalue weighted by Crippen LogP contribution is 2.36. The third-order valence-electron chi connectivity index (χ3n) is 5.46. The van der Waals surface area contributed by atoms with Crippen molar-refractivity contribution in [2.24, 2.45) is 5.10 Å². The predicted octanol–water partition coefficient (Wildman–Crippen LogP) is 6.31. The number of nitrogens with one attached hydrogen (secondary N) is 1. The topological polar surface area (TPSA) is 94.8 Å². The number of carbonyl (C=O) groups is 1. The number of ether oxygens (including phenoxy) is 2. The van der Waals surface area contributed by atoms with Gasteiger partial charge in [0.15, 0.2) is 18.1 Å². The normalized spacial score (nSPS) is 11.2. The number of hydrogen-bond acceptors (Lipinski definition) is 6. The molecule has 0 radical (unpaired) electrons. The third-order valence-corrected chi connectivity index (χ3v) is 6.54.